The molecule has 0 N–H and O–H groups in total. The maximum absolute atomic E-state index is 9.47. The van der Waals surface area contributed by atoms with E-state index in [4.69, 9.17) is 4.74 Å². The standard InChI is InChI=1S/C17H23NO/c1-13-9-14(2)16(15(3)10-13)19-12-17(11-18)7-5-4-6-8-17/h9-10H,4-8,12H2,1-3H3. The van der Waals surface area contributed by atoms with Crippen molar-refractivity contribution in [3.8, 4) is 11.8 Å². The van der Waals surface area contributed by atoms with E-state index in [9.17, 15) is 5.26 Å². The summed E-state index contributed by atoms with van der Waals surface area (Å²) in [7, 11) is 0. The lowest BCUT2D eigenvalue weighted by Crippen LogP contribution is -2.29. The molecular formula is C17H23NO. The lowest BCUT2D eigenvalue weighted by molar-refractivity contribution is 0.149. The monoisotopic (exact) mass is 257 g/mol. The number of nitrogens with zero attached hydrogens (tertiary/aromatic N) is 1. The van der Waals surface area contributed by atoms with Gasteiger partial charge in [-0.05, 0) is 44.7 Å². The van der Waals surface area contributed by atoms with Crippen LogP contribution in [0.25, 0.3) is 0 Å². The minimum atomic E-state index is -0.262. The first-order valence-corrected chi connectivity index (χ1v) is 7.18. The summed E-state index contributed by atoms with van der Waals surface area (Å²) >= 11 is 0. The second kappa shape index (κ2) is 5.65. The zero-order valence-corrected chi connectivity index (χ0v) is 12.3. The van der Waals surface area contributed by atoms with Crippen LogP contribution in [-0.4, -0.2) is 6.61 Å². The van der Waals surface area contributed by atoms with Crippen molar-refractivity contribution in [2.24, 2.45) is 5.41 Å². The van der Waals surface area contributed by atoms with Crippen LogP contribution in [0.5, 0.6) is 5.75 Å². The number of nitriles is 1. The molecule has 19 heavy (non-hydrogen) atoms. The number of hydrogen-bond donors (Lipinski definition) is 0. The Bertz CT molecular complexity index is 469. The van der Waals surface area contributed by atoms with E-state index in [-0.39, 0.29) is 5.41 Å². The Labute approximate surface area is 116 Å². The van der Waals surface area contributed by atoms with Gasteiger partial charge in [-0.15, -0.1) is 0 Å². The average molecular weight is 257 g/mol. The Morgan fingerprint density at radius 1 is 1.11 bits per heavy atom. The highest BCUT2D eigenvalue weighted by molar-refractivity contribution is 5.43. The fourth-order valence-corrected chi connectivity index (χ4v) is 3.12. The molecule has 0 heterocycles. The third-order valence-corrected chi connectivity index (χ3v) is 4.15. The van der Waals surface area contributed by atoms with Gasteiger partial charge in [0, 0.05) is 0 Å². The van der Waals surface area contributed by atoms with Gasteiger partial charge in [0.15, 0.2) is 0 Å². The quantitative estimate of drug-likeness (QED) is 0.800. The maximum Gasteiger partial charge on any atom is 0.125 e. The fourth-order valence-electron chi connectivity index (χ4n) is 3.12. The van der Waals surface area contributed by atoms with Crippen molar-refractivity contribution >= 4 is 0 Å². The number of benzene rings is 1. The molecule has 0 spiro atoms. The van der Waals surface area contributed by atoms with Gasteiger partial charge in [-0.1, -0.05) is 37.0 Å². The van der Waals surface area contributed by atoms with Crippen molar-refractivity contribution in [1.29, 1.82) is 5.26 Å². The van der Waals surface area contributed by atoms with Gasteiger partial charge in [-0.25, -0.2) is 0 Å². The van der Waals surface area contributed by atoms with Crippen molar-refractivity contribution in [2.45, 2.75) is 52.9 Å². The molecule has 1 aromatic carbocycles. The van der Waals surface area contributed by atoms with Crippen LogP contribution < -0.4 is 4.74 Å². The number of hydrogen-bond acceptors (Lipinski definition) is 2. The molecule has 1 aliphatic carbocycles. The topological polar surface area (TPSA) is 33.0 Å². The van der Waals surface area contributed by atoms with E-state index in [1.807, 2.05) is 0 Å². The van der Waals surface area contributed by atoms with Crippen LogP contribution >= 0.6 is 0 Å². The molecular weight excluding hydrogens is 234 g/mol. The predicted octanol–water partition coefficient (Wildman–Crippen LogP) is 4.46. The van der Waals surface area contributed by atoms with Crippen LogP contribution in [0.1, 0.15) is 48.8 Å². The Kier molecular flexibility index (Phi) is 4.14. The largest absolute Gasteiger partial charge is 0.491 e. The average Bonchev–Trinajstić information content (AvgIpc) is 2.38. The molecule has 2 rings (SSSR count). The SMILES string of the molecule is Cc1cc(C)c(OCC2(C#N)CCCCC2)c(C)c1. The molecule has 0 amide bonds. The fraction of sp³-hybridized carbons (Fsp3) is 0.588. The highest BCUT2D eigenvalue weighted by atomic mass is 16.5. The summed E-state index contributed by atoms with van der Waals surface area (Å²) in [6.07, 6.45) is 5.53. The second-order valence-corrected chi connectivity index (χ2v) is 5.97. The Morgan fingerprint density at radius 3 is 2.21 bits per heavy atom. The Balaban J connectivity index is 2.12. The van der Waals surface area contributed by atoms with Crippen LogP contribution in [-0.2, 0) is 0 Å². The Hall–Kier alpha value is -1.49. The Morgan fingerprint density at radius 2 is 1.68 bits per heavy atom. The summed E-state index contributed by atoms with van der Waals surface area (Å²) in [6, 6.07) is 6.80. The van der Waals surface area contributed by atoms with Gasteiger partial charge in [0.1, 0.15) is 12.4 Å². The summed E-state index contributed by atoms with van der Waals surface area (Å²) < 4.78 is 6.03. The molecule has 0 atom stereocenters. The van der Waals surface area contributed by atoms with Crippen LogP contribution in [0.3, 0.4) is 0 Å². The van der Waals surface area contributed by atoms with E-state index in [0.717, 1.165) is 31.4 Å². The number of aryl methyl sites for hydroxylation is 3. The molecule has 102 valence electrons. The van der Waals surface area contributed by atoms with Gasteiger partial charge in [0.25, 0.3) is 0 Å². The first-order chi connectivity index (χ1) is 9.06. The molecule has 2 nitrogen and oxygen atoms in total. The molecule has 0 aliphatic heterocycles. The normalized spacial score (nSPS) is 17.8. The van der Waals surface area contributed by atoms with Gasteiger partial charge >= 0.3 is 0 Å². The van der Waals surface area contributed by atoms with Gasteiger partial charge in [0.2, 0.25) is 0 Å². The van der Waals surface area contributed by atoms with Gasteiger partial charge in [0.05, 0.1) is 11.5 Å². The van der Waals surface area contributed by atoms with Crippen molar-refractivity contribution in [3.63, 3.8) is 0 Å². The van der Waals surface area contributed by atoms with E-state index >= 15 is 0 Å². The van der Waals surface area contributed by atoms with E-state index in [2.05, 4.69) is 39.0 Å². The lowest BCUT2D eigenvalue weighted by Gasteiger charge is -2.30. The lowest BCUT2D eigenvalue weighted by atomic mass is 9.76. The van der Waals surface area contributed by atoms with E-state index < -0.39 is 0 Å². The molecule has 0 saturated heterocycles. The smallest absolute Gasteiger partial charge is 0.125 e. The van der Waals surface area contributed by atoms with E-state index in [1.54, 1.807) is 0 Å². The maximum atomic E-state index is 9.47. The summed E-state index contributed by atoms with van der Waals surface area (Å²) in [5.41, 5.74) is 3.33. The first kappa shape index (κ1) is 13.9. The molecule has 1 aliphatic rings. The second-order valence-electron chi connectivity index (χ2n) is 5.97. The van der Waals surface area contributed by atoms with Crippen LogP contribution in [0.15, 0.2) is 12.1 Å². The molecule has 1 fully saturated rings. The van der Waals surface area contributed by atoms with Gasteiger partial charge in [-0.3, -0.25) is 0 Å². The van der Waals surface area contributed by atoms with E-state index in [1.165, 1.54) is 23.1 Å². The van der Waals surface area contributed by atoms with Crippen LogP contribution in [0.2, 0.25) is 0 Å². The molecule has 2 heteroatoms. The minimum Gasteiger partial charge on any atom is -0.491 e. The first-order valence-electron chi connectivity index (χ1n) is 7.18. The summed E-state index contributed by atoms with van der Waals surface area (Å²) in [6.45, 7) is 6.79. The van der Waals surface area contributed by atoms with Gasteiger partial charge < -0.3 is 4.74 Å². The predicted molar refractivity (Wildman–Crippen MR) is 77.3 cm³/mol. The van der Waals surface area contributed by atoms with Crippen LogP contribution in [0, 0.1) is 37.5 Å². The molecule has 1 saturated carbocycles. The molecule has 1 aromatic rings. The zero-order chi connectivity index (χ0) is 13.9. The van der Waals surface area contributed by atoms with E-state index in [0.29, 0.717) is 6.61 Å². The highest BCUT2D eigenvalue weighted by Crippen LogP contribution is 2.37. The minimum absolute atomic E-state index is 0.262. The summed E-state index contributed by atoms with van der Waals surface area (Å²) in [5, 5.41) is 9.47. The molecule has 0 bridgehead atoms. The van der Waals surface area contributed by atoms with Crippen LogP contribution in [0.4, 0.5) is 0 Å². The van der Waals surface area contributed by atoms with Crippen molar-refractivity contribution in [2.75, 3.05) is 6.61 Å². The molecule has 0 aromatic heterocycles. The highest BCUT2D eigenvalue weighted by Gasteiger charge is 2.33. The summed E-state index contributed by atoms with van der Waals surface area (Å²) in [4.78, 5) is 0. The number of ether oxygens (including phenoxy) is 1. The third kappa shape index (κ3) is 3.10. The molecule has 0 unspecified atom stereocenters. The third-order valence-electron chi connectivity index (χ3n) is 4.15. The molecule has 0 radical (unpaired) electrons. The van der Waals surface area contributed by atoms with Crippen molar-refractivity contribution < 1.29 is 4.74 Å². The summed E-state index contributed by atoms with van der Waals surface area (Å²) in [5.74, 6) is 0.964. The van der Waals surface area contributed by atoms with Crippen molar-refractivity contribution in [3.05, 3.63) is 28.8 Å². The van der Waals surface area contributed by atoms with Crippen molar-refractivity contribution in [1.82, 2.24) is 0 Å². The van der Waals surface area contributed by atoms with Gasteiger partial charge in [-0.2, -0.15) is 5.26 Å². The zero-order valence-electron chi connectivity index (χ0n) is 12.3. The number of rotatable bonds is 3.